The van der Waals surface area contributed by atoms with Gasteiger partial charge in [0.2, 0.25) is 0 Å². The van der Waals surface area contributed by atoms with Crippen LogP contribution in [0.3, 0.4) is 0 Å². The average molecular weight is 331 g/mol. The first-order valence-corrected chi connectivity index (χ1v) is 6.83. The number of rotatable bonds is 2. The van der Waals surface area contributed by atoms with Crippen LogP contribution in [0.1, 0.15) is 0 Å². The van der Waals surface area contributed by atoms with Gasteiger partial charge in [-0.1, -0.05) is 5.10 Å². The standard InChI is InChI=1S/C16H8F3N3O2/c17-8-3-1-7(2-4-8)13-11(15-21-22-16(23)24-15)9-5-6-10(18)12(19)14(9)20-13/h1-6,20H,(H,22,23). The van der Waals surface area contributed by atoms with Gasteiger partial charge in [0.25, 0.3) is 5.89 Å². The minimum Gasteiger partial charge on any atom is -0.465 e. The summed E-state index contributed by atoms with van der Waals surface area (Å²) in [7, 11) is 0. The number of nitrogens with zero attached hydrogens (tertiary/aromatic N) is 2. The first kappa shape index (κ1) is 14.3. The van der Waals surface area contributed by atoms with Crippen molar-refractivity contribution in [2.24, 2.45) is 0 Å². The molecule has 0 spiro atoms. The zero-order valence-electron chi connectivity index (χ0n) is 11.8. The highest BCUT2D eigenvalue weighted by molar-refractivity contribution is 6.02. The lowest BCUT2D eigenvalue weighted by molar-refractivity contribution is 0.320. The Labute approximate surface area is 132 Å². The fourth-order valence-corrected chi connectivity index (χ4v) is 2.58. The SMILES string of the molecule is Oc1nnc(-c2c(-c3ccc(F)cc3)[nH]c3c(F)c(F)ccc23)o1. The van der Waals surface area contributed by atoms with Crippen LogP contribution in [0.25, 0.3) is 33.6 Å². The molecule has 0 atom stereocenters. The highest BCUT2D eigenvalue weighted by atomic mass is 19.2. The fraction of sp³-hybridized carbons (Fsp3) is 0. The number of hydrogen-bond acceptors (Lipinski definition) is 4. The van der Waals surface area contributed by atoms with Crippen LogP contribution in [-0.2, 0) is 0 Å². The molecule has 0 bridgehead atoms. The van der Waals surface area contributed by atoms with Gasteiger partial charge in [-0.05, 0) is 42.0 Å². The highest BCUT2D eigenvalue weighted by Crippen LogP contribution is 2.39. The summed E-state index contributed by atoms with van der Waals surface area (Å²) < 4.78 is 45.8. The molecular formula is C16H8F3N3O2. The number of halogens is 3. The first-order chi connectivity index (χ1) is 11.5. The molecule has 0 saturated carbocycles. The molecule has 2 aromatic carbocycles. The minimum absolute atomic E-state index is 0.0796. The molecule has 0 aliphatic rings. The van der Waals surface area contributed by atoms with Gasteiger partial charge in [-0.2, -0.15) is 0 Å². The molecule has 4 rings (SSSR count). The van der Waals surface area contributed by atoms with Gasteiger partial charge in [0, 0.05) is 5.39 Å². The van der Waals surface area contributed by atoms with E-state index in [2.05, 4.69) is 15.2 Å². The Hall–Kier alpha value is -3.29. The molecule has 120 valence electrons. The van der Waals surface area contributed by atoms with Crippen LogP contribution in [0.15, 0.2) is 40.8 Å². The van der Waals surface area contributed by atoms with E-state index in [4.69, 9.17) is 4.42 Å². The number of aromatic hydroxyl groups is 1. The molecule has 0 fully saturated rings. The molecule has 0 aliphatic carbocycles. The summed E-state index contributed by atoms with van der Waals surface area (Å²) >= 11 is 0. The molecular weight excluding hydrogens is 323 g/mol. The Morgan fingerprint density at radius 1 is 0.958 bits per heavy atom. The smallest absolute Gasteiger partial charge is 0.412 e. The van der Waals surface area contributed by atoms with Gasteiger partial charge in [0.05, 0.1) is 16.8 Å². The third-order valence-corrected chi connectivity index (χ3v) is 3.63. The Morgan fingerprint density at radius 3 is 2.38 bits per heavy atom. The lowest BCUT2D eigenvalue weighted by Crippen LogP contribution is -1.84. The minimum atomic E-state index is -1.06. The maximum atomic E-state index is 14.1. The predicted octanol–water partition coefficient (Wildman–Crippen LogP) is 4.01. The molecule has 0 aliphatic heterocycles. The van der Waals surface area contributed by atoms with E-state index < -0.39 is 23.5 Å². The molecule has 4 aromatic rings. The Bertz CT molecular complexity index is 1050. The van der Waals surface area contributed by atoms with E-state index in [-0.39, 0.29) is 22.4 Å². The fourth-order valence-electron chi connectivity index (χ4n) is 2.58. The van der Waals surface area contributed by atoms with Crippen LogP contribution in [0.2, 0.25) is 0 Å². The second-order valence-electron chi connectivity index (χ2n) is 5.06. The normalized spacial score (nSPS) is 11.3. The highest BCUT2D eigenvalue weighted by Gasteiger charge is 2.23. The average Bonchev–Trinajstić information content (AvgIpc) is 3.15. The van der Waals surface area contributed by atoms with E-state index in [1.165, 1.54) is 30.3 Å². The summed E-state index contributed by atoms with van der Waals surface area (Å²) in [4.78, 5) is 2.77. The van der Waals surface area contributed by atoms with Crippen molar-refractivity contribution in [3.05, 3.63) is 53.8 Å². The van der Waals surface area contributed by atoms with E-state index in [1.807, 2.05) is 0 Å². The van der Waals surface area contributed by atoms with Crippen LogP contribution < -0.4 is 0 Å². The van der Waals surface area contributed by atoms with Crippen LogP contribution >= 0.6 is 0 Å². The van der Waals surface area contributed by atoms with Gasteiger partial charge < -0.3 is 14.5 Å². The quantitative estimate of drug-likeness (QED) is 0.582. The molecule has 0 saturated heterocycles. The van der Waals surface area contributed by atoms with Crippen LogP contribution in [0.5, 0.6) is 6.08 Å². The van der Waals surface area contributed by atoms with Crippen molar-refractivity contribution < 1.29 is 22.7 Å². The van der Waals surface area contributed by atoms with Gasteiger partial charge in [0.15, 0.2) is 11.6 Å². The molecule has 2 N–H and O–H groups in total. The Kier molecular flexibility index (Phi) is 3.05. The topological polar surface area (TPSA) is 74.9 Å². The lowest BCUT2D eigenvalue weighted by atomic mass is 10.0. The van der Waals surface area contributed by atoms with Gasteiger partial charge in [0.1, 0.15) is 5.82 Å². The molecule has 2 heterocycles. The lowest BCUT2D eigenvalue weighted by Gasteiger charge is -2.01. The number of fused-ring (bicyclic) bond motifs is 1. The zero-order chi connectivity index (χ0) is 16.8. The summed E-state index contributed by atoms with van der Waals surface area (Å²) in [5, 5.41) is 16.6. The molecule has 24 heavy (non-hydrogen) atoms. The monoisotopic (exact) mass is 331 g/mol. The summed E-state index contributed by atoms with van der Waals surface area (Å²) in [5.41, 5.74) is 1.02. The summed E-state index contributed by atoms with van der Waals surface area (Å²) in [5.74, 6) is -2.60. The van der Waals surface area contributed by atoms with Gasteiger partial charge in [-0.3, -0.25) is 0 Å². The third kappa shape index (κ3) is 2.11. The molecule has 8 heteroatoms. The second-order valence-corrected chi connectivity index (χ2v) is 5.06. The molecule has 0 radical (unpaired) electrons. The van der Waals surface area contributed by atoms with Gasteiger partial charge >= 0.3 is 6.08 Å². The number of benzene rings is 2. The summed E-state index contributed by atoms with van der Waals surface area (Å²) in [6, 6.07) is 7.72. The van der Waals surface area contributed by atoms with Crippen molar-refractivity contribution in [3.8, 4) is 28.8 Å². The van der Waals surface area contributed by atoms with Crippen LogP contribution in [0.4, 0.5) is 13.2 Å². The number of aromatic amines is 1. The van der Waals surface area contributed by atoms with Crippen molar-refractivity contribution in [2.45, 2.75) is 0 Å². The van der Waals surface area contributed by atoms with E-state index in [0.717, 1.165) is 6.07 Å². The Morgan fingerprint density at radius 2 is 1.71 bits per heavy atom. The van der Waals surface area contributed by atoms with Crippen LogP contribution in [-0.4, -0.2) is 20.3 Å². The van der Waals surface area contributed by atoms with Crippen molar-refractivity contribution >= 4 is 10.9 Å². The molecule has 0 unspecified atom stereocenters. The van der Waals surface area contributed by atoms with Gasteiger partial charge in [-0.25, -0.2) is 13.2 Å². The summed E-state index contributed by atoms with van der Waals surface area (Å²) in [6.45, 7) is 0. The maximum absolute atomic E-state index is 14.1. The van der Waals surface area contributed by atoms with Crippen molar-refractivity contribution in [3.63, 3.8) is 0 Å². The number of hydrogen-bond donors (Lipinski definition) is 2. The van der Waals surface area contributed by atoms with Crippen molar-refractivity contribution in [2.75, 3.05) is 0 Å². The predicted molar refractivity (Wildman–Crippen MR) is 78.6 cm³/mol. The van der Waals surface area contributed by atoms with Crippen molar-refractivity contribution in [1.29, 1.82) is 0 Å². The summed E-state index contributed by atoms with van der Waals surface area (Å²) in [6.07, 6.45) is -0.660. The van der Waals surface area contributed by atoms with E-state index in [9.17, 15) is 18.3 Å². The molecule has 5 nitrogen and oxygen atoms in total. The Balaban J connectivity index is 2.08. The number of aromatic nitrogens is 3. The van der Waals surface area contributed by atoms with Crippen LogP contribution in [0, 0.1) is 17.5 Å². The maximum Gasteiger partial charge on any atom is 0.412 e. The molecule has 2 aromatic heterocycles. The van der Waals surface area contributed by atoms with Gasteiger partial charge in [-0.15, -0.1) is 5.10 Å². The van der Waals surface area contributed by atoms with E-state index >= 15 is 0 Å². The third-order valence-electron chi connectivity index (χ3n) is 3.63. The first-order valence-electron chi connectivity index (χ1n) is 6.83. The van der Waals surface area contributed by atoms with E-state index in [1.54, 1.807) is 0 Å². The van der Waals surface area contributed by atoms with Crippen molar-refractivity contribution in [1.82, 2.24) is 15.2 Å². The second kappa shape index (κ2) is 5.12. The zero-order valence-corrected chi connectivity index (χ0v) is 11.8. The molecule has 0 amide bonds. The van der Waals surface area contributed by atoms with E-state index in [0.29, 0.717) is 11.3 Å². The number of nitrogens with one attached hydrogen (secondary N) is 1. The number of H-pyrrole nitrogens is 1. The largest absolute Gasteiger partial charge is 0.465 e.